The zero-order chi connectivity index (χ0) is 12.4. The summed E-state index contributed by atoms with van der Waals surface area (Å²) in [4.78, 5) is 14.9. The van der Waals surface area contributed by atoms with Gasteiger partial charge in [-0.05, 0) is 6.08 Å². The molecule has 0 radical (unpaired) electrons. The Morgan fingerprint density at radius 2 is 2.19 bits per heavy atom. The second-order valence-corrected chi connectivity index (χ2v) is 2.50. The van der Waals surface area contributed by atoms with Gasteiger partial charge in [-0.3, -0.25) is 15.2 Å². The predicted octanol–water partition coefficient (Wildman–Crippen LogP) is -1.36. The van der Waals surface area contributed by atoms with E-state index in [1.807, 2.05) is 5.43 Å². The van der Waals surface area contributed by atoms with Crippen molar-refractivity contribution < 1.29 is 4.79 Å². The van der Waals surface area contributed by atoms with Gasteiger partial charge in [-0.1, -0.05) is 6.58 Å². The largest absolute Gasteiger partial charge is 0.383 e. The maximum absolute atomic E-state index is 11.2. The van der Waals surface area contributed by atoms with Gasteiger partial charge in [0.1, 0.15) is 11.5 Å². The molecule has 7 nitrogen and oxygen atoms in total. The highest BCUT2D eigenvalue weighted by molar-refractivity contribution is 5.92. The molecule has 0 aliphatic heterocycles. The van der Waals surface area contributed by atoms with Gasteiger partial charge in [0.25, 0.3) is 5.91 Å². The lowest BCUT2D eigenvalue weighted by Gasteiger charge is -2.09. The van der Waals surface area contributed by atoms with Gasteiger partial charge < -0.3 is 16.4 Å². The summed E-state index contributed by atoms with van der Waals surface area (Å²) < 4.78 is 0. The van der Waals surface area contributed by atoms with Gasteiger partial charge in [-0.2, -0.15) is 0 Å². The minimum atomic E-state index is -0.513. The number of hydrogen-bond acceptors (Lipinski definition) is 6. The maximum Gasteiger partial charge on any atom is 0.284 e. The van der Waals surface area contributed by atoms with Crippen LogP contribution in [0.4, 0.5) is 0 Å². The highest BCUT2D eigenvalue weighted by Gasteiger charge is 2.09. The Hall–Kier alpha value is -2.28. The van der Waals surface area contributed by atoms with E-state index in [4.69, 9.17) is 11.6 Å². The number of nitrogens with two attached hydrogens (primary N) is 2. The number of hydrogen-bond donors (Lipinski definition) is 5. The van der Waals surface area contributed by atoms with Crippen molar-refractivity contribution in [1.82, 2.24) is 16.1 Å². The van der Waals surface area contributed by atoms with Crippen LogP contribution in [0.5, 0.6) is 0 Å². The van der Waals surface area contributed by atoms with E-state index in [0.717, 1.165) is 0 Å². The van der Waals surface area contributed by atoms with E-state index < -0.39 is 5.91 Å². The summed E-state index contributed by atoms with van der Waals surface area (Å²) in [5, 5.41) is 5.30. The number of nitrogens with zero attached hydrogens (tertiary/aromatic N) is 1. The van der Waals surface area contributed by atoms with E-state index in [0.29, 0.717) is 0 Å². The molecule has 16 heavy (non-hydrogen) atoms. The second-order valence-electron chi connectivity index (χ2n) is 2.50. The lowest BCUT2D eigenvalue weighted by molar-refractivity contribution is -0.117. The second kappa shape index (κ2) is 8.06. The first-order chi connectivity index (χ1) is 7.67. The van der Waals surface area contributed by atoms with Gasteiger partial charge in [-0.15, -0.1) is 0 Å². The standard InChI is InChI=1S/C9H16N6O/c1-3-13-5-4-6-14-8(10)7(12-2)9(16)15-11/h3-6,12,14H,1,10-11H2,2H3,(H,15,16)/b6-4-,8-7-,13-5-. The first kappa shape index (κ1) is 13.7. The first-order valence-electron chi connectivity index (χ1n) is 4.41. The molecule has 0 bridgehead atoms. The molecule has 0 fully saturated rings. The molecule has 0 aromatic rings. The Morgan fingerprint density at radius 1 is 1.50 bits per heavy atom. The topological polar surface area (TPSA) is 118 Å². The van der Waals surface area contributed by atoms with E-state index in [1.54, 1.807) is 13.1 Å². The average molecular weight is 224 g/mol. The fraction of sp³-hybridized carbons (Fsp3) is 0.111. The van der Waals surface area contributed by atoms with Crippen LogP contribution >= 0.6 is 0 Å². The van der Waals surface area contributed by atoms with Gasteiger partial charge in [0, 0.05) is 25.7 Å². The van der Waals surface area contributed by atoms with Crippen LogP contribution in [-0.2, 0) is 4.79 Å². The van der Waals surface area contributed by atoms with Gasteiger partial charge in [0.15, 0.2) is 0 Å². The number of amides is 1. The minimum absolute atomic E-state index is 0.146. The number of rotatable bonds is 6. The van der Waals surface area contributed by atoms with Crippen molar-refractivity contribution in [3.63, 3.8) is 0 Å². The third-order valence-electron chi connectivity index (χ3n) is 1.49. The van der Waals surface area contributed by atoms with Crippen LogP contribution in [0.1, 0.15) is 0 Å². The summed E-state index contributed by atoms with van der Waals surface area (Å²) in [5.41, 5.74) is 7.70. The Balaban J connectivity index is 4.49. The summed E-state index contributed by atoms with van der Waals surface area (Å²) >= 11 is 0. The third-order valence-corrected chi connectivity index (χ3v) is 1.49. The summed E-state index contributed by atoms with van der Waals surface area (Å²) in [7, 11) is 1.56. The Morgan fingerprint density at radius 3 is 2.69 bits per heavy atom. The molecule has 0 aliphatic carbocycles. The third kappa shape index (κ3) is 4.82. The highest BCUT2D eigenvalue weighted by Crippen LogP contribution is 1.90. The van der Waals surface area contributed by atoms with Crippen molar-refractivity contribution in [3.8, 4) is 0 Å². The van der Waals surface area contributed by atoms with Crippen LogP contribution in [0, 0.1) is 0 Å². The van der Waals surface area contributed by atoms with Crippen LogP contribution in [0.25, 0.3) is 0 Å². The number of carbonyl (C=O) groups excluding carboxylic acids is 1. The molecule has 7 heteroatoms. The number of hydrazine groups is 1. The quantitative estimate of drug-likeness (QED) is 0.126. The van der Waals surface area contributed by atoms with Crippen LogP contribution < -0.4 is 27.6 Å². The molecule has 1 amide bonds. The molecular formula is C9H16N6O. The number of carbonyl (C=O) groups is 1. The highest BCUT2D eigenvalue weighted by atomic mass is 16.2. The summed E-state index contributed by atoms with van der Waals surface area (Å²) in [6.07, 6.45) is 6.02. The number of aliphatic imine (C=N–C) groups is 1. The summed E-state index contributed by atoms with van der Waals surface area (Å²) in [6.45, 7) is 3.41. The Labute approximate surface area is 93.9 Å². The van der Waals surface area contributed by atoms with Crippen LogP contribution in [0.3, 0.4) is 0 Å². The number of nitrogens with one attached hydrogen (secondary N) is 3. The van der Waals surface area contributed by atoms with E-state index in [-0.39, 0.29) is 11.5 Å². The van der Waals surface area contributed by atoms with Gasteiger partial charge in [-0.25, -0.2) is 5.84 Å². The average Bonchev–Trinajstić information content (AvgIpc) is 2.29. The maximum atomic E-state index is 11.2. The molecule has 0 aliphatic rings. The minimum Gasteiger partial charge on any atom is -0.383 e. The zero-order valence-electron chi connectivity index (χ0n) is 9.03. The molecule has 0 atom stereocenters. The van der Waals surface area contributed by atoms with Gasteiger partial charge in [0.05, 0.1) is 0 Å². The molecule has 0 rings (SSSR count). The first-order valence-corrected chi connectivity index (χ1v) is 4.41. The van der Waals surface area contributed by atoms with Gasteiger partial charge in [0.2, 0.25) is 0 Å². The predicted molar refractivity (Wildman–Crippen MR) is 63.6 cm³/mol. The molecule has 0 aromatic heterocycles. The van der Waals surface area contributed by atoms with Crippen LogP contribution in [0.15, 0.2) is 41.6 Å². The number of likely N-dealkylation sites (N-methyl/N-ethyl adjacent to an activating group) is 1. The van der Waals surface area contributed by atoms with E-state index in [2.05, 4.69) is 22.2 Å². The van der Waals surface area contributed by atoms with Crippen molar-refractivity contribution in [3.05, 3.63) is 36.6 Å². The molecule has 0 saturated carbocycles. The van der Waals surface area contributed by atoms with Crippen molar-refractivity contribution in [1.29, 1.82) is 0 Å². The molecule has 0 heterocycles. The van der Waals surface area contributed by atoms with Crippen LogP contribution in [0.2, 0.25) is 0 Å². The molecule has 0 aromatic carbocycles. The van der Waals surface area contributed by atoms with Crippen molar-refractivity contribution >= 4 is 12.1 Å². The zero-order valence-corrected chi connectivity index (χ0v) is 9.03. The number of allylic oxidation sites excluding steroid dienone is 1. The Kier molecular flexibility index (Phi) is 6.91. The fourth-order valence-corrected chi connectivity index (χ4v) is 0.806. The van der Waals surface area contributed by atoms with Crippen molar-refractivity contribution in [2.24, 2.45) is 16.6 Å². The lowest BCUT2D eigenvalue weighted by Crippen LogP contribution is -2.38. The lowest BCUT2D eigenvalue weighted by atomic mass is 10.4. The molecule has 7 N–H and O–H groups in total. The van der Waals surface area contributed by atoms with Crippen molar-refractivity contribution in [2.75, 3.05) is 7.05 Å². The molecule has 0 unspecified atom stereocenters. The molecule has 0 spiro atoms. The van der Waals surface area contributed by atoms with Crippen molar-refractivity contribution in [2.45, 2.75) is 0 Å². The Bertz CT molecular complexity index is 331. The van der Waals surface area contributed by atoms with Gasteiger partial charge >= 0.3 is 0 Å². The molecule has 88 valence electrons. The smallest absolute Gasteiger partial charge is 0.284 e. The van der Waals surface area contributed by atoms with E-state index >= 15 is 0 Å². The summed E-state index contributed by atoms with van der Waals surface area (Å²) in [6, 6.07) is 0. The molecular weight excluding hydrogens is 208 g/mol. The van der Waals surface area contributed by atoms with E-state index in [9.17, 15) is 4.79 Å². The van der Waals surface area contributed by atoms with Crippen LogP contribution in [-0.4, -0.2) is 19.2 Å². The SMILES string of the molecule is C=C/N=C\C=C/N/C(N)=C(\NC)C(=O)NN. The monoisotopic (exact) mass is 224 g/mol. The molecule has 0 saturated heterocycles. The summed E-state index contributed by atoms with van der Waals surface area (Å²) in [5.74, 6) is 4.61. The normalized spacial score (nSPS) is 12.4. The fourth-order valence-electron chi connectivity index (χ4n) is 0.806. The van der Waals surface area contributed by atoms with E-state index in [1.165, 1.54) is 18.6 Å².